The Kier molecular flexibility index (Phi) is 3.25. The lowest BCUT2D eigenvalue weighted by Crippen LogP contribution is -2.15. The second-order valence-electron chi connectivity index (χ2n) is 2.77. The largest absolute Gasteiger partial charge is 0.480 e. The van der Waals surface area contributed by atoms with E-state index in [1.165, 1.54) is 17.7 Å². The SMILES string of the molecule is O=C(O)CS(=O)(=O)c1ccc(NF)cc1. The molecule has 15 heavy (non-hydrogen) atoms. The summed E-state index contributed by atoms with van der Waals surface area (Å²) in [6.07, 6.45) is 0. The van der Waals surface area contributed by atoms with Crippen molar-refractivity contribution in [2.24, 2.45) is 0 Å². The van der Waals surface area contributed by atoms with Crippen molar-refractivity contribution in [3.05, 3.63) is 24.3 Å². The highest BCUT2D eigenvalue weighted by Crippen LogP contribution is 2.15. The fraction of sp³-hybridized carbons (Fsp3) is 0.125. The number of carboxylic acids is 1. The highest BCUT2D eigenvalue weighted by Gasteiger charge is 2.18. The number of carbonyl (C=O) groups is 1. The molecule has 1 aromatic carbocycles. The first kappa shape index (κ1) is 11.4. The standard InChI is InChI=1S/C8H8FNO4S/c9-10-6-1-3-7(4-2-6)15(13,14)5-8(11)12/h1-4,10H,5H2,(H,11,12). The van der Waals surface area contributed by atoms with Gasteiger partial charge in [-0.2, -0.15) is 0 Å². The van der Waals surface area contributed by atoms with Crippen molar-refractivity contribution in [1.82, 2.24) is 0 Å². The van der Waals surface area contributed by atoms with Crippen molar-refractivity contribution in [3.63, 3.8) is 0 Å². The number of nitrogens with one attached hydrogen (secondary N) is 1. The van der Waals surface area contributed by atoms with Gasteiger partial charge in [0.15, 0.2) is 15.6 Å². The summed E-state index contributed by atoms with van der Waals surface area (Å²) < 4.78 is 34.6. The summed E-state index contributed by atoms with van der Waals surface area (Å²) in [5.41, 5.74) is 1.44. The maximum Gasteiger partial charge on any atom is 0.319 e. The third-order valence-electron chi connectivity index (χ3n) is 1.64. The first-order chi connectivity index (χ1) is 6.95. The maximum absolute atomic E-state index is 11.9. The van der Waals surface area contributed by atoms with Gasteiger partial charge in [-0.05, 0) is 24.3 Å². The average Bonchev–Trinajstić information content (AvgIpc) is 2.16. The van der Waals surface area contributed by atoms with Crippen LogP contribution in [0.2, 0.25) is 0 Å². The summed E-state index contributed by atoms with van der Waals surface area (Å²) in [6, 6.07) is 4.68. The smallest absolute Gasteiger partial charge is 0.319 e. The van der Waals surface area contributed by atoms with E-state index in [1.54, 1.807) is 0 Å². The number of carboxylic acid groups (broad SMARTS) is 1. The van der Waals surface area contributed by atoms with Gasteiger partial charge in [0.1, 0.15) is 0 Å². The van der Waals surface area contributed by atoms with Gasteiger partial charge in [-0.25, -0.2) is 14.0 Å². The first-order valence-electron chi connectivity index (χ1n) is 3.87. The number of halogens is 1. The number of sulfone groups is 1. The van der Waals surface area contributed by atoms with E-state index in [-0.39, 0.29) is 10.6 Å². The van der Waals surface area contributed by atoms with E-state index in [9.17, 15) is 17.7 Å². The second kappa shape index (κ2) is 4.26. The molecule has 2 N–H and O–H groups in total. The first-order valence-corrected chi connectivity index (χ1v) is 5.52. The zero-order valence-corrected chi connectivity index (χ0v) is 8.29. The highest BCUT2D eigenvalue weighted by molar-refractivity contribution is 7.92. The van der Waals surface area contributed by atoms with Crippen LogP contribution in [0, 0.1) is 0 Å². The number of hydrogen-bond acceptors (Lipinski definition) is 4. The van der Waals surface area contributed by atoms with Gasteiger partial charge in [0.05, 0.1) is 10.6 Å². The number of hydrogen-bond donors (Lipinski definition) is 2. The molecule has 0 saturated heterocycles. The zero-order chi connectivity index (χ0) is 11.5. The summed E-state index contributed by atoms with van der Waals surface area (Å²) in [5.74, 6) is -2.40. The van der Waals surface area contributed by atoms with Crippen LogP contribution in [0.5, 0.6) is 0 Å². The van der Waals surface area contributed by atoms with Gasteiger partial charge in [-0.3, -0.25) is 4.79 Å². The van der Waals surface area contributed by atoms with Crippen LogP contribution in [0.4, 0.5) is 10.2 Å². The topological polar surface area (TPSA) is 83.5 Å². The molecular weight excluding hydrogens is 225 g/mol. The molecule has 0 saturated carbocycles. The van der Waals surface area contributed by atoms with Crippen molar-refractivity contribution >= 4 is 21.5 Å². The van der Waals surface area contributed by atoms with E-state index in [2.05, 4.69) is 0 Å². The Morgan fingerprint density at radius 1 is 1.33 bits per heavy atom. The monoisotopic (exact) mass is 233 g/mol. The summed E-state index contributed by atoms with van der Waals surface area (Å²) in [5, 5.41) is 8.36. The fourth-order valence-corrected chi connectivity index (χ4v) is 2.01. The minimum Gasteiger partial charge on any atom is -0.480 e. The van der Waals surface area contributed by atoms with Crippen LogP contribution in [0.1, 0.15) is 0 Å². The molecule has 0 unspecified atom stereocenters. The highest BCUT2D eigenvalue weighted by atomic mass is 32.2. The summed E-state index contributed by atoms with van der Waals surface area (Å²) in [7, 11) is -3.83. The van der Waals surface area contributed by atoms with Crippen LogP contribution in [0.3, 0.4) is 0 Å². The van der Waals surface area contributed by atoms with Gasteiger partial charge in [-0.1, -0.05) is 0 Å². The normalized spacial score (nSPS) is 11.0. The minimum absolute atomic E-state index is 0.101. The molecule has 0 atom stereocenters. The molecule has 0 aliphatic heterocycles. The van der Waals surface area contributed by atoms with E-state index in [0.717, 1.165) is 12.1 Å². The van der Waals surface area contributed by atoms with Crippen LogP contribution < -0.4 is 5.54 Å². The maximum atomic E-state index is 11.9. The van der Waals surface area contributed by atoms with Crippen LogP contribution in [-0.2, 0) is 14.6 Å². The molecule has 0 spiro atoms. The summed E-state index contributed by atoms with van der Waals surface area (Å²) >= 11 is 0. The lowest BCUT2D eigenvalue weighted by Gasteiger charge is -2.02. The van der Waals surface area contributed by atoms with Gasteiger partial charge in [0, 0.05) is 0 Å². The molecule has 0 fully saturated rings. The van der Waals surface area contributed by atoms with Crippen molar-refractivity contribution in [3.8, 4) is 0 Å². The van der Waals surface area contributed by atoms with Gasteiger partial charge < -0.3 is 5.11 Å². The van der Waals surface area contributed by atoms with E-state index < -0.39 is 21.6 Å². The lowest BCUT2D eigenvalue weighted by molar-refractivity contribution is -0.134. The Balaban J connectivity index is 3.01. The van der Waals surface area contributed by atoms with Gasteiger partial charge in [0.25, 0.3) is 0 Å². The Morgan fingerprint density at radius 3 is 2.27 bits per heavy atom. The van der Waals surface area contributed by atoms with E-state index >= 15 is 0 Å². The van der Waals surface area contributed by atoms with Crippen molar-refractivity contribution in [2.75, 3.05) is 11.3 Å². The molecule has 0 aliphatic carbocycles. The zero-order valence-electron chi connectivity index (χ0n) is 7.47. The summed E-state index contributed by atoms with van der Waals surface area (Å²) in [6.45, 7) is 0. The van der Waals surface area contributed by atoms with Gasteiger partial charge in [0.2, 0.25) is 0 Å². The van der Waals surface area contributed by atoms with Crippen molar-refractivity contribution in [2.45, 2.75) is 4.90 Å². The van der Waals surface area contributed by atoms with Crippen LogP contribution in [0.25, 0.3) is 0 Å². The molecule has 82 valence electrons. The van der Waals surface area contributed by atoms with E-state index in [1.807, 2.05) is 0 Å². The lowest BCUT2D eigenvalue weighted by atomic mass is 10.3. The van der Waals surface area contributed by atoms with Gasteiger partial charge >= 0.3 is 5.97 Å². The minimum atomic E-state index is -3.83. The third-order valence-corrected chi connectivity index (χ3v) is 3.25. The predicted octanol–water partition coefficient (Wildman–Crippen LogP) is 0.841. The predicted molar refractivity (Wildman–Crippen MR) is 50.9 cm³/mol. The second-order valence-corrected chi connectivity index (χ2v) is 4.76. The van der Waals surface area contributed by atoms with Crippen molar-refractivity contribution < 1.29 is 22.8 Å². The number of benzene rings is 1. The molecule has 0 amide bonds. The Labute approximate surface area is 85.4 Å². The van der Waals surface area contributed by atoms with Crippen LogP contribution in [-0.4, -0.2) is 25.2 Å². The molecule has 0 bridgehead atoms. The molecule has 0 heterocycles. The molecule has 1 aromatic rings. The van der Waals surface area contributed by atoms with Crippen LogP contribution in [0.15, 0.2) is 29.2 Å². The van der Waals surface area contributed by atoms with E-state index in [4.69, 9.17) is 5.11 Å². The molecule has 0 aliphatic rings. The molecule has 7 heteroatoms. The molecule has 0 radical (unpaired) electrons. The third kappa shape index (κ3) is 2.91. The Hall–Kier alpha value is -1.63. The van der Waals surface area contributed by atoms with Gasteiger partial charge in [-0.15, -0.1) is 4.48 Å². The average molecular weight is 233 g/mol. The number of anilines is 1. The number of aliphatic carboxylic acids is 1. The molecule has 1 rings (SSSR count). The number of rotatable bonds is 4. The van der Waals surface area contributed by atoms with Crippen LogP contribution >= 0.6 is 0 Å². The quantitative estimate of drug-likeness (QED) is 0.753. The Morgan fingerprint density at radius 2 is 1.87 bits per heavy atom. The molecular formula is C8H8FNO4S. The summed E-state index contributed by atoms with van der Waals surface area (Å²) in [4.78, 5) is 10.1. The Bertz CT molecular complexity index is 454. The molecule has 5 nitrogen and oxygen atoms in total. The van der Waals surface area contributed by atoms with Crippen molar-refractivity contribution in [1.29, 1.82) is 0 Å². The fourth-order valence-electron chi connectivity index (χ4n) is 0.971. The van der Waals surface area contributed by atoms with E-state index in [0.29, 0.717) is 0 Å². The molecule has 0 aromatic heterocycles.